The van der Waals surface area contributed by atoms with Crippen LogP contribution in [0.2, 0.25) is 5.15 Å². The van der Waals surface area contributed by atoms with E-state index in [9.17, 15) is 4.79 Å². The van der Waals surface area contributed by atoms with Crippen molar-refractivity contribution in [2.24, 2.45) is 5.92 Å². The minimum absolute atomic E-state index is 0.0941. The highest BCUT2D eigenvalue weighted by atomic mass is 35.5. The second kappa shape index (κ2) is 8.06. The molecule has 166 valence electrons. The molecule has 0 amide bonds. The Morgan fingerprint density at radius 1 is 1.16 bits per heavy atom. The smallest absolute Gasteiger partial charge is 0.207 e. The molecule has 0 aromatic carbocycles. The van der Waals surface area contributed by atoms with Crippen molar-refractivity contribution < 1.29 is 14.1 Å². The number of ketones is 1. The maximum absolute atomic E-state index is 12.9. The molecular weight excluding hydrogens is 418 g/mol. The van der Waals surface area contributed by atoms with Crippen LogP contribution in [-0.2, 0) is 21.4 Å². The summed E-state index contributed by atoms with van der Waals surface area (Å²) in [5.74, 6) is 2.05. The van der Waals surface area contributed by atoms with E-state index in [4.69, 9.17) is 26.6 Å². The molecule has 2 fully saturated rings. The summed E-state index contributed by atoms with van der Waals surface area (Å²) in [7, 11) is 0. The molecule has 31 heavy (non-hydrogen) atoms. The van der Waals surface area contributed by atoms with Gasteiger partial charge in [-0.05, 0) is 44.4 Å². The number of carbonyl (C=O) groups excluding carboxylic acids is 1. The molecule has 9 heteroatoms. The number of hydrogen-bond donors (Lipinski definition) is 2. The topological polar surface area (TPSA) is 116 Å². The van der Waals surface area contributed by atoms with Crippen molar-refractivity contribution >= 4 is 28.9 Å². The van der Waals surface area contributed by atoms with Crippen molar-refractivity contribution in [1.82, 2.24) is 15.1 Å². The number of nitrogens with two attached hydrogens (primary N) is 1. The third-order valence-corrected chi connectivity index (χ3v) is 7.20. The van der Waals surface area contributed by atoms with Crippen molar-refractivity contribution in [3.63, 3.8) is 0 Å². The van der Waals surface area contributed by atoms with E-state index in [1.807, 2.05) is 0 Å². The molecule has 2 aromatic heterocycles. The number of carbonyl (C=O) groups is 1. The van der Waals surface area contributed by atoms with Crippen LogP contribution in [0.5, 0.6) is 0 Å². The second-order valence-corrected chi connectivity index (χ2v) is 9.58. The van der Waals surface area contributed by atoms with Gasteiger partial charge in [-0.3, -0.25) is 4.79 Å². The lowest BCUT2D eigenvalue weighted by atomic mass is 9.64. The van der Waals surface area contributed by atoms with E-state index in [2.05, 4.69) is 27.4 Å². The number of halogens is 1. The lowest BCUT2D eigenvalue weighted by molar-refractivity contribution is -0.127. The highest BCUT2D eigenvalue weighted by molar-refractivity contribution is 6.32. The average molecular weight is 446 g/mol. The fraction of sp³-hybridized carbons (Fsp3) is 0.636. The quantitative estimate of drug-likeness (QED) is 0.682. The summed E-state index contributed by atoms with van der Waals surface area (Å²) in [6.45, 7) is 3.50. The number of ether oxygens (including phenoxy) is 1. The first-order chi connectivity index (χ1) is 15.0. The maximum atomic E-state index is 12.9. The summed E-state index contributed by atoms with van der Waals surface area (Å²) in [6, 6.07) is 0.0941. The van der Waals surface area contributed by atoms with Crippen molar-refractivity contribution in [2.75, 3.05) is 24.3 Å². The molecule has 1 aliphatic heterocycles. The van der Waals surface area contributed by atoms with Crippen LogP contribution in [0.3, 0.4) is 0 Å². The van der Waals surface area contributed by atoms with Gasteiger partial charge in [0.25, 0.3) is 0 Å². The Bertz CT molecular complexity index is 1010. The number of nitrogens with one attached hydrogen (secondary N) is 1. The van der Waals surface area contributed by atoms with Gasteiger partial charge in [-0.1, -0.05) is 30.1 Å². The van der Waals surface area contributed by atoms with Crippen LogP contribution < -0.4 is 11.1 Å². The number of nitrogens with zero attached hydrogens (tertiary/aromatic N) is 3. The van der Waals surface area contributed by atoms with Gasteiger partial charge in [-0.2, -0.15) is 0 Å². The Hall–Kier alpha value is -2.19. The molecule has 1 saturated carbocycles. The molecule has 3 aliphatic rings. The highest BCUT2D eigenvalue weighted by Gasteiger charge is 2.47. The average Bonchev–Trinajstić information content (AvgIpc) is 3.19. The van der Waals surface area contributed by atoms with Crippen LogP contribution in [0.4, 0.5) is 11.5 Å². The number of aromatic nitrogens is 3. The second-order valence-electron chi connectivity index (χ2n) is 9.22. The number of rotatable bonds is 3. The fourth-order valence-corrected chi connectivity index (χ4v) is 5.53. The number of nitrogen functional groups attached to an aromatic ring is 1. The Labute approximate surface area is 186 Å². The summed E-state index contributed by atoms with van der Waals surface area (Å²) in [6.07, 6.45) is 6.93. The largest absolute Gasteiger partial charge is 0.393 e. The van der Waals surface area contributed by atoms with Gasteiger partial charge < -0.3 is 20.3 Å². The zero-order chi connectivity index (χ0) is 21.6. The molecule has 8 nitrogen and oxygen atoms in total. The van der Waals surface area contributed by atoms with E-state index >= 15 is 0 Å². The molecule has 1 saturated heterocycles. The number of Topliss-reactive ketones (excluding diaryl/α,β-unsaturated/α-hetero) is 1. The highest BCUT2D eigenvalue weighted by Crippen LogP contribution is 2.47. The first kappa shape index (κ1) is 20.7. The van der Waals surface area contributed by atoms with Crippen molar-refractivity contribution in [3.05, 3.63) is 16.4 Å². The van der Waals surface area contributed by atoms with Gasteiger partial charge in [-0.15, -0.1) is 0 Å². The lowest BCUT2D eigenvalue weighted by Crippen LogP contribution is -2.41. The van der Waals surface area contributed by atoms with Crippen LogP contribution in [0.1, 0.15) is 63.1 Å². The zero-order valence-corrected chi connectivity index (χ0v) is 18.5. The van der Waals surface area contributed by atoms with Gasteiger partial charge in [0.05, 0.1) is 18.1 Å². The van der Waals surface area contributed by atoms with Crippen molar-refractivity contribution in [1.29, 1.82) is 0 Å². The summed E-state index contributed by atoms with van der Waals surface area (Å²) < 4.78 is 11.4. The molecule has 3 heterocycles. The van der Waals surface area contributed by atoms with Gasteiger partial charge >= 0.3 is 0 Å². The molecule has 0 radical (unpaired) electrons. The van der Waals surface area contributed by atoms with E-state index in [1.54, 1.807) is 0 Å². The normalized spacial score (nSPS) is 28.5. The minimum Gasteiger partial charge on any atom is -0.393 e. The van der Waals surface area contributed by atoms with Crippen molar-refractivity contribution in [3.8, 4) is 11.6 Å². The Morgan fingerprint density at radius 3 is 2.81 bits per heavy atom. The van der Waals surface area contributed by atoms with Crippen LogP contribution in [0.15, 0.2) is 4.52 Å². The monoisotopic (exact) mass is 445 g/mol. The van der Waals surface area contributed by atoms with Gasteiger partial charge in [-0.25, -0.2) is 9.97 Å². The zero-order valence-electron chi connectivity index (χ0n) is 17.7. The Kier molecular flexibility index (Phi) is 5.38. The van der Waals surface area contributed by atoms with E-state index < -0.39 is 5.41 Å². The van der Waals surface area contributed by atoms with Gasteiger partial charge in [0.15, 0.2) is 11.0 Å². The first-order valence-electron chi connectivity index (χ1n) is 11.2. The van der Waals surface area contributed by atoms with E-state index in [0.29, 0.717) is 42.0 Å². The maximum Gasteiger partial charge on any atom is 0.207 e. The van der Waals surface area contributed by atoms with Crippen LogP contribution >= 0.6 is 11.6 Å². The molecule has 5 rings (SSSR count). The predicted molar refractivity (Wildman–Crippen MR) is 117 cm³/mol. The van der Waals surface area contributed by atoms with Gasteiger partial charge in [0.2, 0.25) is 11.6 Å². The number of anilines is 2. The molecule has 1 unspecified atom stereocenters. The molecule has 2 aliphatic carbocycles. The third kappa shape index (κ3) is 3.59. The Morgan fingerprint density at radius 2 is 2.00 bits per heavy atom. The number of fused-ring (bicyclic) bond motifs is 2. The van der Waals surface area contributed by atoms with Crippen molar-refractivity contribution in [2.45, 2.75) is 69.7 Å². The standard InChI is InChI=1S/C22H28ClN5O3/c1-12-9-13(11-30-10-12)25-20-16(24)19(23)26-21(27-20)17-14-5-4-8-22(18(14)28-31-17)7-3-2-6-15(22)29/h12-13H,2-11,24H2,1H3,(H,25,26,27)/t12-,13?,22+/m0/s1. The van der Waals surface area contributed by atoms with Gasteiger partial charge in [0, 0.05) is 18.6 Å². The summed E-state index contributed by atoms with van der Waals surface area (Å²) >= 11 is 6.37. The third-order valence-electron chi connectivity index (χ3n) is 6.91. The predicted octanol–water partition coefficient (Wildman–Crippen LogP) is 3.92. The van der Waals surface area contributed by atoms with Crippen LogP contribution in [0, 0.1) is 5.92 Å². The first-order valence-corrected chi connectivity index (χ1v) is 11.6. The number of hydrogen-bond acceptors (Lipinski definition) is 8. The lowest BCUT2D eigenvalue weighted by Gasteiger charge is -2.37. The van der Waals surface area contributed by atoms with Crippen LogP contribution in [0.25, 0.3) is 11.6 Å². The molecule has 3 atom stereocenters. The molecule has 0 bridgehead atoms. The SMILES string of the molecule is C[C@@H]1COCC(Nc2nc(-c3onc4c3CCC[C@@]43CCCCC3=O)nc(Cl)c2N)C1. The molecule has 2 aromatic rings. The molecule has 3 N–H and O–H groups in total. The van der Waals surface area contributed by atoms with E-state index in [0.717, 1.165) is 62.8 Å². The van der Waals surface area contributed by atoms with E-state index in [1.165, 1.54) is 0 Å². The fourth-order valence-electron chi connectivity index (χ4n) is 5.37. The minimum atomic E-state index is -0.512. The summed E-state index contributed by atoms with van der Waals surface area (Å²) in [4.78, 5) is 21.9. The van der Waals surface area contributed by atoms with E-state index in [-0.39, 0.29) is 17.0 Å². The van der Waals surface area contributed by atoms with Gasteiger partial charge in [0.1, 0.15) is 17.2 Å². The summed E-state index contributed by atoms with van der Waals surface area (Å²) in [5.41, 5.74) is 7.67. The summed E-state index contributed by atoms with van der Waals surface area (Å²) in [5, 5.41) is 7.91. The van der Waals surface area contributed by atoms with Crippen LogP contribution in [-0.4, -0.2) is 40.2 Å². The molecular formula is C22H28ClN5O3. The Balaban J connectivity index is 1.51. The molecule has 1 spiro atoms.